The number of anilines is 1. The van der Waals surface area contributed by atoms with Crippen LogP contribution in [0, 0.1) is 6.92 Å². The van der Waals surface area contributed by atoms with Gasteiger partial charge in [0.2, 0.25) is 0 Å². The SMILES string of the molecule is CC(=NN1CCN(c2ccc(C)cc2)CC1)c1ccccc1. The largest absolute Gasteiger partial charge is 0.368 e. The molecule has 1 aliphatic rings. The van der Waals surface area contributed by atoms with Gasteiger partial charge in [-0.25, -0.2) is 0 Å². The lowest BCUT2D eigenvalue weighted by atomic mass is 10.1. The van der Waals surface area contributed by atoms with Crippen LogP contribution in [-0.2, 0) is 0 Å². The van der Waals surface area contributed by atoms with Crippen LogP contribution in [0.3, 0.4) is 0 Å². The van der Waals surface area contributed by atoms with Crippen molar-refractivity contribution in [3.8, 4) is 0 Å². The first-order valence-electron chi connectivity index (χ1n) is 7.89. The van der Waals surface area contributed by atoms with Gasteiger partial charge in [0.15, 0.2) is 0 Å². The molecule has 1 aliphatic heterocycles. The molecule has 2 aromatic carbocycles. The number of benzene rings is 2. The first-order chi connectivity index (χ1) is 10.7. The lowest BCUT2D eigenvalue weighted by Gasteiger charge is -2.35. The molecule has 1 heterocycles. The number of rotatable bonds is 3. The molecular weight excluding hydrogens is 270 g/mol. The van der Waals surface area contributed by atoms with Gasteiger partial charge in [0.25, 0.3) is 0 Å². The van der Waals surface area contributed by atoms with E-state index in [1.165, 1.54) is 16.8 Å². The zero-order chi connectivity index (χ0) is 15.4. The van der Waals surface area contributed by atoms with Gasteiger partial charge in [0.1, 0.15) is 0 Å². The molecule has 114 valence electrons. The zero-order valence-corrected chi connectivity index (χ0v) is 13.4. The van der Waals surface area contributed by atoms with E-state index in [-0.39, 0.29) is 0 Å². The van der Waals surface area contributed by atoms with E-state index in [0.717, 1.165) is 31.9 Å². The average molecular weight is 293 g/mol. The summed E-state index contributed by atoms with van der Waals surface area (Å²) in [6.45, 7) is 8.20. The predicted molar refractivity (Wildman–Crippen MR) is 93.6 cm³/mol. The molecule has 3 heteroatoms. The minimum Gasteiger partial charge on any atom is -0.368 e. The van der Waals surface area contributed by atoms with Crippen molar-refractivity contribution in [2.75, 3.05) is 31.1 Å². The molecule has 0 saturated carbocycles. The normalized spacial score (nSPS) is 16.0. The highest BCUT2D eigenvalue weighted by atomic mass is 15.5. The van der Waals surface area contributed by atoms with Crippen LogP contribution in [0.4, 0.5) is 5.69 Å². The van der Waals surface area contributed by atoms with E-state index in [1.807, 2.05) is 6.07 Å². The molecular formula is C19H23N3. The number of hydrogen-bond donors (Lipinski definition) is 0. The van der Waals surface area contributed by atoms with Crippen molar-refractivity contribution in [1.29, 1.82) is 0 Å². The van der Waals surface area contributed by atoms with Crippen LogP contribution in [0.2, 0.25) is 0 Å². The smallest absolute Gasteiger partial charge is 0.0646 e. The quantitative estimate of drug-likeness (QED) is 0.806. The van der Waals surface area contributed by atoms with Crippen LogP contribution in [-0.4, -0.2) is 36.9 Å². The van der Waals surface area contributed by atoms with Crippen molar-refractivity contribution in [2.24, 2.45) is 5.10 Å². The van der Waals surface area contributed by atoms with Gasteiger partial charge in [-0.3, -0.25) is 5.01 Å². The van der Waals surface area contributed by atoms with Gasteiger partial charge in [0.05, 0.1) is 18.8 Å². The van der Waals surface area contributed by atoms with E-state index < -0.39 is 0 Å². The van der Waals surface area contributed by atoms with Crippen LogP contribution in [0.1, 0.15) is 18.1 Å². The summed E-state index contributed by atoms with van der Waals surface area (Å²) in [6, 6.07) is 19.2. The second kappa shape index (κ2) is 6.65. The summed E-state index contributed by atoms with van der Waals surface area (Å²) >= 11 is 0. The third-order valence-electron chi connectivity index (χ3n) is 4.14. The Morgan fingerprint density at radius 3 is 2.14 bits per heavy atom. The van der Waals surface area contributed by atoms with E-state index in [2.05, 4.69) is 72.3 Å². The minimum atomic E-state index is 0.970. The average Bonchev–Trinajstić information content (AvgIpc) is 2.57. The van der Waals surface area contributed by atoms with Crippen molar-refractivity contribution < 1.29 is 0 Å². The predicted octanol–water partition coefficient (Wildman–Crippen LogP) is 3.54. The van der Waals surface area contributed by atoms with E-state index >= 15 is 0 Å². The molecule has 0 spiro atoms. The number of piperazine rings is 1. The summed E-state index contributed by atoms with van der Waals surface area (Å²) < 4.78 is 0. The van der Waals surface area contributed by atoms with E-state index in [1.54, 1.807) is 0 Å². The highest BCUT2D eigenvalue weighted by Gasteiger charge is 2.16. The van der Waals surface area contributed by atoms with Crippen LogP contribution in [0.15, 0.2) is 59.7 Å². The first kappa shape index (κ1) is 14.6. The van der Waals surface area contributed by atoms with Crippen LogP contribution in [0.5, 0.6) is 0 Å². The number of nitrogens with zero attached hydrogens (tertiary/aromatic N) is 3. The van der Waals surface area contributed by atoms with Gasteiger partial charge in [-0.05, 0) is 31.5 Å². The third kappa shape index (κ3) is 3.48. The molecule has 0 N–H and O–H groups in total. The number of aryl methyl sites for hydroxylation is 1. The third-order valence-corrected chi connectivity index (χ3v) is 4.14. The Labute approximate surface area is 132 Å². The Bertz CT molecular complexity index is 623. The summed E-state index contributed by atoms with van der Waals surface area (Å²) in [7, 11) is 0. The Morgan fingerprint density at radius 1 is 0.864 bits per heavy atom. The van der Waals surface area contributed by atoms with Crippen molar-refractivity contribution in [2.45, 2.75) is 13.8 Å². The first-order valence-corrected chi connectivity index (χ1v) is 7.89. The summed E-state index contributed by atoms with van der Waals surface area (Å²) in [5.41, 5.74) is 4.91. The fourth-order valence-electron chi connectivity index (χ4n) is 2.76. The zero-order valence-electron chi connectivity index (χ0n) is 13.4. The van der Waals surface area contributed by atoms with E-state index in [0.29, 0.717) is 0 Å². The topological polar surface area (TPSA) is 18.8 Å². The van der Waals surface area contributed by atoms with Crippen LogP contribution < -0.4 is 4.90 Å². The minimum absolute atomic E-state index is 0.970. The summed E-state index contributed by atoms with van der Waals surface area (Å²) in [4.78, 5) is 2.43. The standard InChI is InChI=1S/C19H23N3/c1-16-8-10-19(11-9-16)21-12-14-22(15-13-21)20-17(2)18-6-4-3-5-7-18/h3-11H,12-15H2,1-2H3. The second-order valence-corrected chi connectivity index (χ2v) is 5.83. The molecule has 0 unspecified atom stereocenters. The molecule has 0 aliphatic carbocycles. The molecule has 0 atom stereocenters. The summed E-state index contributed by atoms with van der Waals surface area (Å²) in [5, 5.41) is 6.96. The Hall–Kier alpha value is -2.29. The molecule has 1 fully saturated rings. The van der Waals surface area contributed by atoms with Gasteiger partial charge in [0, 0.05) is 18.8 Å². The van der Waals surface area contributed by atoms with E-state index in [9.17, 15) is 0 Å². The van der Waals surface area contributed by atoms with Crippen molar-refractivity contribution >= 4 is 11.4 Å². The molecule has 0 amide bonds. The van der Waals surface area contributed by atoms with Crippen molar-refractivity contribution in [3.63, 3.8) is 0 Å². The lowest BCUT2D eigenvalue weighted by molar-refractivity contribution is 0.270. The van der Waals surface area contributed by atoms with Gasteiger partial charge in [-0.1, -0.05) is 48.0 Å². The Kier molecular flexibility index (Phi) is 4.42. The van der Waals surface area contributed by atoms with Crippen molar-refractivity contribution in [3.05, 3.63) is 65.7 Å². The highest BCUT2D eigenvalue weighted by Crippen LogP contribution is 2.17. The molecule has 3 rings (SSSR count). The maximum Gasteiger partial charge on any atom is 0.0646 e. The molecule has 22 heavy (non-hydrogen) atoms. The molecule has 1 saturated heterocycles. The molecule has 2 aromatic rings. The van der Waals surface area contributed by atoms with Crippen LogP contribution >= 0.6 is 0 Å². The fourth-order valence-corrected chi connectivity index (χ4v) is 2.76. The molecule has 0 bridgehead atoms. The maximum atomic E-state index is 4.77. The Morgan fingerprint density at radius 2 is 1.50 bits per heavy atom. The molecule has 0 radical (unpaired) electrons. The monoisotopic (exact) mass is 293 g/mol. The van der Waals surface area contributed by atoms with Gasteiger partial charge >= 0.3 is 0 Å². The number of hydrazone groups is 1. The van der Waals surface area contributed by atoms with Gasteiger partial charge < -0.3 is 4.90 Å². The van der Waals surface area contributed by atoms with E-state index in [4.69, 9.17) is 5.10 Å². The maximum absolute atomic E-state index is 4.77. The van der Waals surface area contributed by atoms with Gasteiger partial charge in [-0.2, -0.15) is 5.10 Å². The second-order valence-electron chi connectivity index (χ2n) is 5.83. The highest BCUT2D eigenvalue weighted by molar-refractivity contribution is 5.98. The van der Waals surface area contributed by atoms with Crippen molar-refractivity contribution in [1.82, 2.24) is 5.01 Å². The Balaban J connectivity index is 1.61. The number of hydrogen-bond acceptors (Lipinski definition) is 3. The molecule has 3 nitrogen and oxygen atoms in total. The fraction of sp³-hybridized carbons (Fsp3) is 0.316. The molecule has 0 aromatic heterocycles. The van der Waals surface area contributed by atoms with Gasteiger partial charge in [-0.15, -0.1) is 0 Å². The summed E-state index contributed by atoms with van der Waals surface area (Å²) in [6.07, 6.45) is 0. The summed E-state index contributed by atoms with van der Waals surface area (Å²) in [5.74, 6) is 0. The lowest BCUT2D eigenvalue weighted by Crippen LogP contribution is -2.44. The van der Waals surface area contributed by atoms with Crippen LogP contribution in [0.25, 0.3) is 0 Å².